The Bertz CT molecular complexity index is 356. The fourth-order valence-electron chi connectivity index (χ4n) is 2.31. The molecule has 82 valence electrons. The van der Waals surface area contributed by atoms with Gasteiger partial charge in [-0.05, 0) is 36.3 Å². The largest absolute Gasteiger partial charge is 0.384 e. The van der Waals surface area contributed by atoms with E-state index < -0.39 is 0 Å². The van der Waals surface area contributed by atoms with Crippen molar-refractivity contribution < 1.29 is 9.53 Å². The van der Waals surface area contributed by atoms with Crippen molar-refractivity contribution >= 4 is 17.1 Å². The molecule has 0 radical (unpaired) electrons. The fourth-order valence-corrected chi connectivity index (χ4v) is 3.06. The lowest BCUT2D eigenvalue weighted by atomic mass is 9.98. The van der Waals surface area contributed by atoms with E-state index in [2.05, 4.69) is 18.4 Å². The summed E-state index contributed by atoms with van der Waals surface area (Å²) < 4.78 is 5.11. The van der Waals surface area contributed by atoms with E-state index in [9.17, 15) is 4.79 Å². The fraction of sp³-hybridized carbons (Fsp3) is 0.583. The molecule has 2 rings (SSSR count). The Morgan fingerprint density at radius 2 is 2.40 bits per heavy atom. The Morgan fingerprint density at radius 1 is 1.60 bits per heavy atom. The first-order valence-corrected chi connectivity index (χ1v) is 6.15. The lowest BCUT2D eigenvalue weighted by Gasteiger charge is -2.07. The Morgan fingerprint density at radius 3 is 3.00 bits per heavy atom. The van der Waals surface area contributed by atoms with Gasteiger partial charge in [0.15, 0.2) is 0 Å². The maximum absolute atomic E-state index is 11.8. The number of carbonyl (C=O) groups is 1. The van der Waals surface area contributed by atoms with Gasteiger partial charge in [-0.2, -0.15) is 0 Å². The number of rotatable bonds is 3. The average Bonchev–Trinajstić information content (AvgIpc) is 2.73. The van der Waals surface area contributed by atoms with Crippen LogP contribution in [0.25, 0.3) is 0 Å². The second kappa shape index (κ2) is 4.45. The molecule has 0 spiro atoms. The molecule has 1 aromatic heterocycles. The molecule has 1 fully saturated rings. The van der Waals surface area contributed by atoms with Crippen LogP contribution in [0, 0.1) is 12.8 Å². The van der Waals surface area contributed by atoms with Gasteiger partial charge in [0.05, 0.1) is 0 Å². The topological polar surface area (TPSA) is 26.3 Å². The van der Waals surface area contributed by atoms with E-state index in [0.29, 0.717) is 24.7 Å². The number of methoxy groups -OCH3 is 1. The van der Waals surface area contributed by atoms with Gasteiger partial charge in [0.25, 0.3) is 0 Å². The number of carbonyl (C=O) groups excluding carboxylic acids is 1. The Balaban J connectivity index is 2.08. The molecule has 1 aromatic rings. The van der Waals surface area contributed by atoms with Gasteiger partial charge in [-0.15, -0.1) is 11.3 Å². The van der Waals surface area contributed by atoms with E-state index in [1.807, 2.05) is 0 Å². The first-order valence-electron chi connectivity index (χ1n) is 5.27. The van der Waals surface area contributed by atoms with Crippen LogP contribution in [0.4, 0.5) is 0 Å². The zero-order chi connectivity index (χ0) is 10.8. The second-order valence-electron chi connectivity index (χ2n) is 4.27. The number of hydrogen-bond acceptors (Lipinski definition) is 3. The summed E-state index contributed by atoms with van der Waals surface area (Å²) >= 11 is 1.72. The summed E-state index contributed by atoms with van der Waals surface area (Å²) in [5.41, 5.74) is 1.21. The molecule has 0 aromatic carbocycles. The summed E-state index contributed by atoms with van der Waals surface area (Å²) in [5.74, 6) is 0.942. The molecule has 15 heavy (non-hydrogen) atoms. The molecule has 0 N–H and O–H groups in total. The van der Waals surface area contributed by atoms with Gasteiger partial charge in [0, 0.05) is 30.9 Å². The van der Waals surface area contributed by atoms with Crippen molar-refractivity contribution in [1.29, 1.82) is 0 Å². The summed E-state index contributed by atoms with van der Waals surface area (Å²) in [6.07, 6.45) is 1.65. The van der Waals surface area contributed by atoms with E-state index in [4.69, 9.17) is 4.74 Å². The van der Waals surface area contributed by atoms with Gasteiger partial charge in [-0.25, -0.2) is 0 Å². The summed E-state index contributed by atoms with van der Waals surface area (Å²) in [6.45, 7) is 2.80. The van der Waals surface area contributed by atoms with E-state index in [1.165, 1.54) is 10.4 Å². The number of hydrogen-bond donors (Lipinski definition) is 0. The highest BCUT2D eigenvalue weighted by atomic mass is 32.1. The van der Waals surface area contributed by atoms with Crippen molar-refractivity contribution in [2.45, 2.75) is 25.7 Å². The van der Waals surface area contributed by atoms with E-state index in [1.54, 1.807) is 18.4 Å². The van der Waals surface area contributed by atoms with Crippen LogP contribution in [-0.2, 0) is 9.53 Å². The summed E-state index contributed by atoms with van der Waals surface area (Å²) in [4.78, 5) is 13.1. The van der Waals surface area contributed by atoms with E-state index >= 15 is 0 Å². The second-order valence-corrected chi connectivity index (χ2v) is 5.39. The van der Waals surface area contributed by atoms with Crippen LogP contribution < -0.4 is 0 Å². The molecular formula is C12H16O2S. The minimum Gasteiger partial charge on any atom is -0.384 e. The van der Waals surface area contributed by atoms with Crippen molar-refractivity contribution in [3.63, 3.8) is 0 Å². The number of ether oxygens (including phenoxy) is 1. The van der Waals surface area contributed by atoms with Gasteiger partial charge in [0.2, 0.25) is 0 Å². The third-order valence-electron chi connectivity index (χ3n) is 3.00. The molecule has 0 amide bonds. The molecule has 2 nitrogen and oxygen atoms in total. The predicted molar refractivity (Wildman–Crippen MR) is 61.4 cm³/mol. The smallest absolute Gasteiger partial charge is 0.140 e. The summed E-state index contributed by atoms with van der Waals surface area (Å²) in [6, 6.07) is 2.14. The maximum Gasteiger partial charge on any atom is 0.140 e. The average molecular weight is 224 g/mol. The van der Waals surface area contributed by atoms with Crippen molar-refractivity contribution in [2.75, 3.05) is 13.7 Å². The molecule has 0 aliphatic heterocycles. The highest BCUT2D eigenvalue weighted by molar-refractivity contribution is 7.10. The lowest BCUT2D eigenvalue weighted by molar-refractivity contribution is -0.118. The number of thiophene rings is 1. The molecule has 1 aliphatic carbocycles. The Hall–Kier alpha value is -0.670. The lowest BCUT2D eigenvalue weighted by Crippen LogP contribution is -2.03. The van der Waals surface area contributed by atoms with Crippen LogP contribution in [0.15, 0.2) is 11.4 Å². The van der Waals surface area contributed by atoms with Gasteiger partial charge in [-0.1, -0.05) is 0 Å². The number of ketones is 1. The minimum atomic E-state index is 0.134. The molecule has 2 atom stereocenters. The van der Waals surface area contributed by atoms with E-state index in [-0.39, 0.29) is 5.92 Å². The SMILES string of the molecule is COCC1CC(=O)C(c2csc(C)c2)C1. The van der Waals surface area contributed by atoms with Crippen LogP contribution >= 0.6 is 11.3 Å². The van der Waals surface area contributed by atoms with E-state index in [0.717, 1.165) is 6.42 Å². The molecule has 3 heteroatoms. The van der Waals surface area contributed by atoms with Gasteiger partial charge >= 0.3 is 0 Å². The van der Waals surface area contributed by atoms with Crippen molar-refractivity contribution in [2.24, 2.45) is 5.92 Å². The van der Waals surface area contributed by atoms with Crippen molar-refractivity contribution in [3.8, 4) is 0 Å². The Kier molecular flexibility index (Phi) is 3.22. The van der Waals surface area contributed by atoms with Crippen LogP contribution in [-0.4, -0.2) is 19.5 Å². The first kappa shape index (κ1) is 10.8. The zero-order valence-corrected chi connectivity index (χ0v) is 9.97. The molecule has 0 saturated heterocycles. The van der Waals surface area contributed by atoms with Crippen molar-refractivity contribution in [3.05, 3.63) is 21.9 Å². The minimum absolute atomic E-state index is 0.134. The summed E-state index contributed by atoms with van der Waals surface area (Å²) in [5, 5.41) is 2.12. The highest BCUT2D eigenvalue weighted by Crippen LogP contribution is 2.37. The van der Waals surface area contributed by atoms with Crippen molar-refractivity contribution in [1.82, 2.24) is 0 Å². The molecule has 2 unspecified atom stereocenters. The molecule has 1 saturated carbocycles. The van der Waals surface area contributed by atoms with Gasteiger partial charge in [-0.3, -0.25) is 4.79 Å². The normalized spacial score (nSPS) is 26.1. The molecular weight excluding hydrogens is 208 g/mol. The maximum atomic E-state index is 11.8. The molecule has 1 aliphatic rings. The number of Topliss-reactive ketones (excluding diaryl/α,β-unsaturated/α-hetero) is 1. The standard InChI is InChI=1S/C12H16O2S/c1-8-3-10(7-15-8)11-4-9(6-14-2)5-12(11)13/h3,7,9,11H,4-6H2,1-2H3. The van der Waals surface area contributed by atoms with Crippen LogP contribution in [0.1, 0.15) is 29.2 Å². The number of aryl methyl sites for hydroxylation is 1. The summed E-state index contributed by atoms with van der Waals surface area (Å²) in [7, 11) is 1.70. The third-order valence-corrected chi connectivity index (χ3v) is 3.88. The van der Waals surface area contributed by atoms with Gasteiger partial charge < -0.3 is 4.74 Å². The van der Waals surface area contributed by atoms with Crippen LogP contribution in [0.2, 0.25) is 0 Å². The quantitative estimate of drug-likeness (QED) is 0.789. The monoisotopic (exact) mass is 224 g/mol. The molecule has 1 heterocycles. The molecule has 0 bridgehead atoms. The predicted octanol–water partition coefficient (Wildman–Crippen LogP) is 2.77. The highest BCUT2D eigenvalue weighted by Gasteiger charge is 2.33. The van der Waals surface area contributed by atoms with Crippen LogP contribution in [0.3, 0.4) is 0 Å². The first-order chi connectivity index (χ1) is 7.20. The zero-order valence-electron chi connectivity index (χ0n) is 9.16. The van der Waals surface area contributed by atoms with Gasteiger partial charge in [0.1, 0.15) is 5.78 Å². The van der Waals surface area contributed by atoms with Crippen LogP contribution in [0.5, 0.6) is 0 Å². The third kappa shape index (κ3) is 2.29. The Labute approximate surface area is 94.3 Å².